The van der Waals surface area contributed by atoms with Gasteiger partial charge < -0.3 is 5.32 Å². The molecule has 0 unspecified atom stereocenters. The second kappa shape index (κ2) is 5.72. The molecule has 0 aliphatic carbocycles. The van der Waals surface area contributed by atoms with E-state index in [9.17, 15) is 4.79 Å². The average Bonchev–Trinajstić information content (AvgIpc) is 2.47. The summed E-state index contributed by atoms with van der Waals surface area (Å²) < 4.78 is 0. The second-order valence-electron chi connectivity index (χ2n) is 4.27. The molecule has 100 valence electrons. The van der Waals surface area contributed by atoms with Gasteiger partial charge in [0.25, 0.3) is 5.91 Å². The van der Waals surface area contributed by atoms with Crippen LogP contribution in [0.5, 0.6) is 0 Å². The smallest absolute Gasteiger partial charge is 0.251 e. The molecule has 2 aromatic rings. The molecule has 1 aromatic carbocycles. The molecular formula is C15H12ClN3O. The van der Waals surface area contributed by atoms with Gasteiger partial charge in [-0.2, -0.15) is 5.26 Å². The number of nitriles is 1. The Bertz CT molecular complexity index is 720. The zero-order chi connectivity index (χ0) is 14.7. The first kappa shape index (κ1) is 14.0. The lowest BCUT2D eigenvalue weighted by molar-refractivity contribution is 0.0963. The molecule has 0 saturated carbocycles. The predicted octanol–water partition coefficient (Wildman–Crippen LogP) is 2.94. The van der Waals surface area contributed by atoms with Gasteiger partial charge in [-0.05, 0) is 36.8 Å². The maximum absolute atomic E-state index is 11.7. The monoisotopic (exact) mass is 285 g/mol. The van der Waals surface area contributed by atoms with E-state index >= 15 is 0 Å². The highest BCUT2D eigenvalue weighted by molar-refractivity contribution is 6.33. The van der Waals surface area contributed by atoms with Gasteiger partial charge in [-0.25, -0.2) is 4.98 Å². The van der Waals surface area contributed by atoms with Crippen LogP contribution in [0.4, 0.5) is 0 Å². The van der Waals surface area contributed by atoms with Crippen molar-refractivity contribution in [2.75, 3.05) is 7.05 Å². The number of hydrogen-bond donors (Lipinski definition) is 1. The third-order valence-corrected chi connectivity index (χ3v) is 3.30. The van der Waals surface area contributed by atoms with Crippen molar-refractivity contribution < 1.29 is 4.79 Å². The van der Waals surface area contributed by atoms with Gasteiger partial charge in [-0.1, -0.05) is 11.6 Å². The number of nitrogens with zero attached hydrogens (tertiary/aromatic N) is 2. The summed E-state index contributed by atoms with van der Waals surface area (Å²) in [5.74, 6) is -0.179. The first-order valence-corrected chi connectivity index (χ1v) is 6.33. The summed E-state index contributed by atoms with van der Waals surface area (Å²) in [5.41, 5.74) is 3.29. The lowest BCUT2D eigenvalue weighted by Crippen LogP contribution is -2.17. The molecule has 1 heterocycles. The van der Waals surface area contributed by atoms with Crippen LogP contribution in [0.2, 0.25) is 5.02 Å². The Labute approximate surface area is 122 Å². The number of aryl methyl sites for hydroxylation is 1. The van der Waals surface area contributed by atoms with E-state index in [0.717, 1.165) is 16.7 Å². The average molecular weight is 286 g/mol. The van der Waals surface area contributed by atoms with E-state index in [-0.39, 0.29) is 5.91 Å². The number of pyridine rings is 1. The number of rotatable bonds is 2. The van der Waals surface area contributed by atoms with Gasteiger partial charge in [0.2, 0.25) is 0 Å². The number of halogens is 1. The van der Waals surface area contributed by atoms with Crippen LogP contribution < -0.4 is 5.32 Å². The van der Waals surface area contributed by atoms with Crippen molar-refractivity contribution >= 4 is 17.5 Å². The first-order chi connectivity index (χ1) is 9.56. The van der Waals surface area contributed by atoms with E-state index in [1.807, 2.05) is 13.0 Å². The number of aromatic nitrogens is 1. The summed E-state index contributed by atoms with van der Waals surface area (Å²) >= 11 is 6.20. The normalized spacial score (nSPS) is 9.90. The van der Waals surface area contributed by atoms with Gasteiger partial charge in [0, 0.05) is 35.0 Å². The predicted molar refractivity (Wildman–Crippen MR) is 77.5 cm³/mol. The fourth-order valence-electron chi connectivity index (χ4n) is 1.92. The molecule has 0 radical (unpaired) electrons. The summed E-state index contributed by atoms with van der Waals surface area (Å²) in [7, 11) is 1.57. The van der Waals surface area contributed by atoms with Crippen molar-refractivity contribution in [2.24, 2.45) is 0 Å². The van der Waals surface area contributed by atoms with Gasteiger partial charge in [0.1, 0.15) is 11.8 Å². The van der Waals surface area contributed by atoms with E-state index < -0.39 is 0 Å². The van der Waals surface area contributed by atoms with Crippen molar-refractivity contribution in [1.82, 2.24) is 10.3 Å². The van der Waals surface area contributed by atoms with Crippen LogP contribution in [0, 0.1) is 18.3 Å². The summed E-state index contributed by atoms with van der Waals surface area (Å²) in [6.45, 7) is 1.88. The van der Waals surface area contributed by atoms with Gasteiger partial charge >= 0.3 is 0 Å². The molecule has 1 N–H and O–H groups in total. The molecule has 5 heteroatoms. The van der Waals surface area contributed by atoms with E-state index in [4.69, 9.17) is 16.9 Å². The second-order valence-corrected chi connectivity index (χ2v) is 4.68. The number of benzene rings is 1. The maximum atomic E-state index is 11.7. The Morgan fingerprint density at radius 3 is 2.70 bits per heavy atom. The number of carbonyl (C=O) groups excluding carboxylic acids is 1. The third kappa shape index (κ3) is 2.63. The molecule has 0 saturated heterocycles. The minimum atomic E-state index is -0.179. The molecule has 0 spiro atoms. The van der Waals surface area contributed by atoms with Gasteiger partial charge in [-0.15, -0.1) is 0 Å². The van der Waals surface area contributed by atoms with E-state index in [0.29, 0.717) is 16.3 Å². The van der Waals surface area contributed by atoms with Gasteiger partial charge in [0.05, 0.1) is 0 Å². The minimum Gasteiger partial charge on any atom is -0.355 e. The quantitative estimate of drug-likeness (QED) is 0.922. The van der Waals surface area contributed by atoms with Crippen LogP contribution in [0.15, 0.2) is 30.5 Å². The molecule has 2 rings (SSSR count). The van der Waals surface area contributed by atoms with Crippen molar-refractivity contribution in [2.45, 2.75) is 6.92 Å². The molecule has 4 nitrogen and oxygen atoms in total. The standard InChI is InChI=1S/C15H12ClN3O/c1-9-5-11(7-17)19-8-13(9)12-6-10(15(20)18-2)3-4-14(12)16/h3-6,8H,1-2H3,(H,18,20). The fraction of sp³-hybridized carbons (Fsp3) is 0.133. The molecule has 20 heavy (non-hydrogen) atoms. The maximum Gasteiger partial charge on any atom is 0.251 e. The number of nitrogens with one attached hydrogen (secondary N) is 1. The number of carbonyl (C=O) groups is 1. The Balaban J connectivity index is 2.57. The molecule has 1 amide bonds. The van der Waals surface area contributed by atoms with E-state index in [2.05, 4.69) is 10.3 Å². The van der Waals surface area contributed by atoms with Crippen molar-refractivity contribution in [3.63, 3.8) is 0 Å². The Kier molecular flexibility index (Phi) is 4.02. The van der Waals surface area contributed by atoms with E-state index in [1.54, 1.807) is 37.5 Å². The highest BCUT2D eigenvalue weighted by Crippen LogP contribution is 2.31. The van der Waals surface area contributed by atoms with Gasteiger partial charge in [-0.3, -0.25) is 4.79 Å². The topological polar surface area (TPSA) is 65.8 Å². The molecule has 0 aliphatic heterocycles. The number of hydrogen-bond acceptors (Lipinski definition) is 3. The summed E-state index contributed by atoms with van der Waals surface area (Å²) in [6.07, 6.45) is 1.60. The zero-order valence-electron chi connectivity index (χ0n) is 11.1. The lowest BCUT2D eigenvalue weighted by atomic mass is 10.00. The van der Waals surface area contributed by atoms with Crippen molar-refractivity contribution in [1.29, 1.82) is 5.26 Å². The van der Waals surface area contributed by atoms with Crippen molar-refractivity contribution in [3.05, 3.63) is 52.3 Å². The lowest BCUT2D eigenvalue weighted by Gasteiger charge is -2.10. The Morgan fingerprint density at radius 1 is 1.35 bits per heavy atom. The highest BCUT2D eigenvalue weighted by atomic mass is 35.5. The molecular weight excluding hydrogens is 274 g/mol. The summed E-state index contributed by atoms with van der Waals surface area (Å²) in [5, 5.41) is 11.9. The third-order valence-electron chi connectivity index (χ3n) is 2.97. The van der Waals surface area contributed by atoms with E-state index in [1.165, 1.54) is 0 Å². The van der Waals surface area contributed by atoms with Crippen LogP contribution in [-0.4, -0.2) is 17.9 Å². The highest BCUT2D eigenvalue weighted by Gasteiger charge is 2.11. The van der Waals surface area contributed by atoms with Crippen LogP contribution in [0.25, 0.3) is 11.1 Å². The SMILES string of the molecule is CNC(=O)c1ccc(Cl)c(-c2cnc(C#N)cc2C)c1. The molecule has 0 bridgehead atoms. The van der Waals surface area contributed by atoms with Crippen LogP contribution in [-0.2, 0) is 0 Å². The number of amides is 1. The van der Waals surface area contributed by atoms with Crippen LogP contribution in [0.3, 0.4) is 0 Å². The van der Waals surface area contributed by atoms with Crippen LogP contribution in [0.1, 0.15) is 21.6 Å². The van der Waals surface area contributed by atoms with Crippen molar-refractivity contribution in [3.8, 4) is 17.2 Å². The van der Waals surface area contributed by atoms with Crippen LogP contribution >= 0.6 is 11.6 Å². The fourth-order valence-corrected chi connectivity index (χ4v) is 2.14. The Hall–Kier alpha value is -2.38. The van der Waals surface area contributed by atoms with Gasteiger partial charge in [0.15, 0.2) is 0 Å². The Morgan fingerprint density at radius 2 is 2.10 bits per heavy atom. The molecule has 0 fully saturated rings. The first-order valence-electron chi connectivity index (χ1n) is 5.95. The molecule has 0 atom stereocenters. The summed E-state index contributed by atoms with van der Waals surface area (Å²) in [4.78, 5) is 15.7. The zero-order valence-corrected chi connectivity index (χ0v) is 11.8. The summed E-state index contributed by atoms with van der Waals surface area (Å²) in [6, 6.07) is 8.75. The minimum absolute atomic E-state index is 0.179. The molecule has 0 aliphatic rings. The molecule has 1 aromatic heterocycles. The largest absolute Gasteiger partial charge is 0.355 e.